The summed E-state index contributed by atoms with van der Waals surface area (Å²) >= 11 is 0. The van der Waals surface area contributed by atoms with Crippen LogP contribution in [-0.2, 0) is 0 Å². The van der Waals surface area contributed by atoms with Gasteiger partial charge in [0.1, 0.15) is 0 Å². The number of aliphatic imine (C=N–C) groups is 2. The van der Waals surface area contributed by atoms with Gasteiger partial charge in [-0.2, -0.15) is 0 Å². The molecular weight excluding hydrogens is 356 g/mol. The summed E-state index contributed by atoms with van der Waals surface area (Å²) in [5, 5.41) is 10.5. The summed E-state index contributed by atoms with van der Waals surface area (Å²) in [6, 6.07) is 0. The third kappa shape index (κ3) is 6.91. The van der Waals surface area contributed by atoms with Crippen molar-refractivity contribution < 1.29 is 5.11 Å². The molecule has 0 amide bonds. The topological polar surface area (TPSA) is 45.0 Å². The Morgan fingerprint density at radius 3 is 1.41 bits per heavy atom. The van der Waals surface area contributed by atoms with Crippen molar-refractivity contribution in [2.75, 3.05) is 6.61 Å². The second-order valence-corrected chi connectivity index (χ2v) is 9.03. The monoisotopic (exact) mass is 400 g/mol. The Kier molecular flexibility index (Phi) is 10.9. The number of aliphatic hydroxyl groups excluding tert-OH is 1. The van der Waals surface area contributed by atoms with Crippen molar-refractivity contribution in [2.45, 2.75) is 115 Å². The number of allylic oxidation sites excluding steroid dienone is 2. The van der Waals surface area contributed by atoms with E-state index >= 15 is 0 Å². The molecule has 0 aromatic carbocycles. The minimum atomic E-state index is -0.298. The SMILES string of the molecule is CCCCCCCCC1(C(CO)C2(CCCCCCCC)C=CC=N2)C=CC=N1. The molecule has 2 heterocycles. The lowest BCUT2D eigenvalue weighted by Gasteiger charge is -2.42. The highest BCUT2D eigenvalue weighted by Gasteiger charge is 2.49. The number of nitrogens with zero attached hydrogens (tertiary/aromatic N) is 2. The van der Waals surface area contributed by atoms with Crippen LogP contribution < -0.4 is 0 Å². The Balaban J connectivity index is 1.99. The van der Waals surface area contributed by atoms with Crippen molar-refractivity contribution in [2.24, 2.45) is 15.9 Å². The van der Waals surface area contributed by atoms with E-state index in [4.69, 9.17) is 9.98 Å². The van der Waals surface area contributed by atoms with E-state index in [2.05, 4.69) is 38.2 Å². The lowest BCUT2D eigenvalue weighted by Crippen LogP contribution is -2.49. The molecule has 2 atom stereocenters. The zero-order chi connectivity index (χ0) is 20.8. The summed E-state index contributed by atoms with van der Waals surface area (Å²) in [5.74, 6) is 0.0197. The van der Waals surface area contributed by atoms with Gasteiger partial charge in [-0.15, -0.1) is 0 Å². The Bertz CT molecular complexity index is 489. The van der Waals surface area contributed by atoms with Crippen LogP contribution in [-0.4, -0.2) is 35.2 Å². The first-order chi connectivity index (χ1) is 14.2. The molecule has 0 aromatic heterocycles. The Hall–Kier alpha value is -1.22. The summed E-state index contributed by atoms with van der Waals surface area (Å²) in [7, 11) is 0. The Morgan fingerprint density at radius 2 is 1.07 bits per heavy atom. The van der Waals surface area contributed by atoms with Crippen LogP contribution in [0.2, 0.25) is 0 Å². The lowest BCUT2D eigenvalue weighted by molar-refractivity contribution is 0.114. The highest BCUT2D eigenvalue weighted by molar-refractivity contribution is 5.77. The molecule has 0 saturated carbocycles. The molecule has 0 spiro atoms. The van der Waals surface area contributed by atoms with Crippen LogP contribution in [0.15, 0.2) is 34.3 Å². The van der Waals surface area contributed by atoms with Gasteiger partial charge >= 0.3 is 0 Å². The summed E-state index contributed by atoms with van der Waals surface area (Å²) in [6.45, 7) is 4.66. The second kappa shape index (κ2) is 13.2. The van der Waals surface area contributed by atoms with Crippen molar-refractivity contribution in [1.29, 1.82) is 0 Å². The number of rotatable bonds is 17. The van der Waals surface area contributed by atoms with Crippen molar-refractivity contribution in [1.82, 2.24) is 0 Å². The molecule has 1 N–H and O–H groups in total. The largest absolute Gasteiger partial charge is 0.396 e. The molecule has 2 aliphatic heterocycles. The molecule has 2 unspecified atom stereocenters. The van der Waals surface area contributed by atoms with Crippen LogP contribution in [0.4, 0.5) is 0 Å². The highest BCUT2D eigenvalue weighted by Crippen LogP contribution is 2.44. The highest BCUT2D eigenvalue weighted by atomic mass is 16.3. The minimum absolute atomic E-state index is 0.0197. The van der Waals surface area contributed by atoms with Crippen LogP contribution in [0.3, 0.4) is 0 Å². The number of hydrogen-bond donors (Lipinski definition) is 1. The van der Waals surface area contributed by atoms with E-state index in [0.717, 1.165) is 12.8 Å². The maximum atomic E-state index is 10.5. The second-order valence-electron chi connectivity index (χ2n) is 9.03. The summed E-state index contributed by atoms with van der Waals surface area (Å²) in [6.07, 6.45) is 29.9. The van der Waals surface area contributed by atoms with Gasteiger partial charge in [0.05, 0.1) is 17.7 Å². The van der Waals surface area contributed by atoms with Crippen LogP contribution >= 0.6 is 0 Å². The maximum Gasteiger partial charge on any atom is 0.0867 e. The fourth-order valence-electron chi connectivity index (χ4n) is 5.05. The summed E-state index contributed by atoms with van der Waals surface area (Å²) in [4.78, 5) is 9.85. The summed E-state index contributed by atoms with van der Waals surface area (Å²) in [5.41, 5.74) is -0.596. The van der Waals surface area contributed by atoms with Gasteiger partial charge in [-0.1, -0.05) is 103 Å². The smallest absolute Gasteiger partial charge is 0.0867 e. The molecule has 29 heavy (non-hydrogen) atoms. The molecule has 0 radical (unpaired) electrons. The normalized spacial score (nSPS) is 26.0. The van der Waals surface area contributed by atoms with Gasteiger partial charge in [-0.25, -0.2) is 0 Å². The van der Waals surface area contributed by atoms with Gasteiger partial charge in [0.15, 0.2) is 0 Å². The molecule has 0 aliphatic carbocycles. The van der Waals surface area contributed by atoms with Crippen LogP contribution in [0.1, 0.15) is 104 Å². The fourth-order valence-corrected chi connectivity index (χ4v) is 5.05. The molecule has 3 nitrogen and oxygen atoms in total. The van der Waals surface area contributed by atoms with Crippen molar-refractivity contribution >= 4 is 12.4 Å². The van der Waals surface area contributed by atoms with Gasteiger partial charge in [0.25, 0.3) is 0 Å². The third-order valence-electron chi connectivity index (χ3n) is 6.82. The quantitative estimate of drug-likeness (QED) is 0.266. The Labute approximate surface area is 179 Å². The van der Waals surface area contributed by atoms with E-state index in [-0.39, 0.29) is 23.6 Å². The standard InChI is InChI=1S/C26H44N2O/c1-3-5-7-9-11-13-17-25(19-15-21-27-25)24(23-29)26(20-16-22-28-26)18-14-12-10-8-6-4-2/h15-16,19-22,24,29H,3-14,17-18,23H2,1-2H3. The van der Waals surface area contributed by atoms with Gasteiger partial charge in [-0.3, -0.25) is 9.98 Å². The van der Waals surface area contributed by atoms with E-state index in [1.54, 1.807) is 0 Å². The number of hydrogen-bond acceptors (Lipinski definition) is 3. The lowest BCUT2D eigenvalue weighted by atomic mass is 9.68. The van der Waals surface area contributed by atoms with Gasteiger partial charge < -0.3 is 5.11 Å². The average molecular weight is 401 g/mol. The van der Waals surface area contributed by atoms with Gasteiger partial charge in [0.2, 0.25) is 0 Å². The molecule has 2 aliphatic rings. The minimum Gasteiger partial charge on any atom is -0.396 e. The molecule has 3 heteroatoms. The summed E-state index contributed by atoms with van der Waals surface area (Å²) < 4.78 is 0. The molecule has 0 bridgehead atoms. The Morgan fingerprint density at radius 1 is 0.655 bits per heavy atom. The third-order valence-corrected chi connectivity index (χ3v) is 6.82. The van der Waals surface area contributed by atoms with Gasteiger partial charge in [0, 0.05) is 18.3 Å². The molecule has 0 aromatic rings. The maximum absolute atomic E-state index is 10.5. The molecule has 2 rings (SSSR count). The number of unbranched alkanes of at least 4 members (excludes halogenated alkanes) is 10. The fraction of sp³-hybridized carbons (Fsp3) is 0.769. The molecule has 164 valence electrons. The zero-order valence-corrected chi connectivity index (χ0v) is 19.0. The molecule has 0 saturated heterocycles. The van der Waals surface area contributed by atoms with Crippen LogP contribution in [0.25, 0.3) is 0 Å². The number of aliphatic hydroxyl groups is 1. The van der Waals surface area contributed by atoms with E-state index in [1.165, 1.54) is 77.0 Å². The first kappa shape index (κ1) is 24.1. The predicted molar refractivity (Wildman–Crippen MR) is 127 cm³/mol. The molecule has 0 fully saturated rings. The average Bonchev–Trinajstić information content (AvgIpc) is 3.39. The molecular formula is C26H44N2O. The van der Waals surface area contributed by atoms with E-state index in [0.29, 0.717) is 0 Å². The van der Waals surface area contributed by atoms with Crippen LogP contribution in [0.5, 0.6) is 0 Å². The van der Waals surface area contributed by atoms with Crippen LogP contribution in [0, 0.1) is 5.92 Å². The first-order valence-electron chi connectivity index (χ1n) is 12.3. The van der Waals surface area contributed by atoms with E-state index in [1.807, 2.05) is 12.4 Å². The predicted octanol–water partition coefficient (Wildman–Crippen LogP) is 6.85. The van der Waals surface area contributed by atoms with Crippen molar-refractivity contribution in [3.05, 3.63) is 24.3 Å². The first-order valence-corrected chi connectivity index (χ1v) is 12.3. The van der Waals surface area contributed by atoms with E-state index in [9.17, 15) is 5.11 Å². The van der Waals surface area contributed by atoms with Crippen molar-refractivity contribution in [3.63, 3.8) is 0 Å². The van der Waals surface area contributed by atoms with Crippen molar-refractivity contribution in [3.8, 4) is 0 Å². The zero-order valence-electron chi connectivity index (χ0n) is 19.0. The van der Waals surface area contributed by atoms with E-state index < -0.39 is 0 Å². The van der Waals surface area contributed by atoms with Gasteiger partial charge in [-0.05, 0) is 25.0 Å².